The maximum Gasteiger partial charge on any atom is 0.126 e. The molecule has 1 aromatic rings. The topological polar surface area (TPSA) is 12.0 Å². The van der Waals surface area contributed by atoms with E-state index < -0.39 is 0 Å². The van der Waals surface area contributed by atoms with Crippen LogP contribution in [0.5, 0.6) is 0 Å². The molecule has 0 saturated carbocycles. The third-order valence-corrected chi connectivity index (χ3v) is 2.44. The largest absolute Gasteiger partial charge is 0.382 e. The van der Waals surface area contributed by atoms with Crippen LogP contribution in [0.3, 0.4) is 0 Å². The first-order valence-corrected chi connectivity index (χ1v) is 4.23. The zero-order chi connectivity index (χ0) is 8.72. The molecule has 1 unspecified atom stereocenters. The molecule has 1 aliphatic heterocycles. The van der Waals surface area contributed by atoms with Gasteiger partial charge in [-0.3, -0.25) is 0 Å². The number of benzene rings is 1. The summed E-state index contributed by atoms with van der Waals surface area (Å²) >= 11 is 0. The lowest BCUT2D eigenvalue weighted by Gasteiger charge is -2.03. The summed E-state index contributed by atoms with van der Waals surface area (Å²) in [7, 11) is 0. The van der Waals surface area contributed by atoms with Crippen molar-refractivity contribution in [2.24, 2.45) is 0 Å². The highest BCUT2D eigenvalue weighted by molar-refractivity contribution is 5.59. The molecule has 0 saturated heterocycles. The van der Waals surface area contributed by atoms with Gasteiger partial charge >= 0.3 is 0 Å². The number of halogens is 1. The number of hydrogen-bond donors (Lipinski definition) is 1. The van der Waals surface area contributed by atoms with Gasteiger partial charge in [0.1, 0.15) is 5.82 Å². The Kier molecular flexibility index (Phi) is 1.56. The molecule has 0 fully saturated rings. The summed E-state index contributed by atoms with van der Waals surface area (Å²) in [5.74, 6) is -0.0929. The molecular formula is C10H12FN. The third-order valence-electron chi connectivity index (χ3n) is 2.44. The van der Waals surface area contributed by atoms with Gasteiger partial charge in [0.05, 0.1) is 0 Å². The highest BCUT2D eigenvalue weighted by Gasteiger charge is 2.19. The van der Waals surface area contributed by atoms with E-state index in [9.17, 15) is 4.39 Å². The molecule has 1 N–H and O–H groups in total. The minimum atomic E-state index is -0.0929. The van der Waals surface area contributed by atoms with Crippen molar-refractivity contribution in [1.82, 2.24) is 0 Å². The fourth-order valence-corrected chi connectivity index (χ4v) is 1.75. The lowest BCUT2D eigenvalue weighted by molar-refractivity contribution is 0.616. The average Bonchev–Trinajstić information content (AvgIpc) is 2.39. The van der Waals surface area contributed by atoms with Gasteiger partial charge < -0.3 is 5.32 Å². The number of rotatable bonds is 0. The zero-order valence-electron chi connectivity index (χ0n) is 7.32. The molecule has 64 valence electrons. The van der Waals surface area contributed by atoms with E-state index in [1.54, 1.807) is 0 Å². The van der Waals surface area contributed by atoms with Crippen molar-refractivity contribution in [3.63, 3.8) is 0 Å². The Morgan fingerprint density at radius 2 is 2.25 bits per heavy atom. The SMILES string of the molecule is Cc1c(F)ccc2c1CC(C)N2. The Labute approximate surface area is 71.6 Å². The predicted octanol–water partition coefficient (Wildman–Crippen LogP) is 2.49. The lowest BCUT2D eigenvalue weighted by Crippen LogP contribution is -2.08. The van der Waals surface area contributed by atoms with E-state index in [4.69, 9.17) is 0 Å². The molecule has 0 aliphatic carbocycles. The van der Waals surface area contributed by atoms with E-state index in [2.05, 4.69) is 12.2 Å². The van der Waals surface area contributed by atoms with Crippen LogP contribution in [0.4, 0.5) is 10.1 Å². The summed E-state index contributed by atoms with van der Waals surface area (Å²) in [6.45, 7) is 3.95. The van der Waals surface area contributed by atoms with Crippen molar-refractivity contribution < 1.29 is 4.39 Å². The second-order valence-corrected chi connectivity index (χ2v) is 3.45. The number of fused-ring (bicyclic) bond motifs is 1. The van der Waals surface area contributed by atoms with Crippen LogP contribution in [0, 0.1) is 12.7 Å². The van der Waals surface area contributed by atoms with E-state index >= 15 is 0 Å². The normalized spacial score (nSPS) is 20.4. The van der Waals surface area contributed by atoms with Crippen LogP contribution >= 0.6 is 0 Å². The molecule has 2 rings (SSSR count). The van der Waals surface area contributed by atoms with E-state index in [1.165, 1.54) is 6.07 Å². The molecule has 0 amide bonds. The Hall–Kier alpha value is -1.05. The first kappa shape index (κ1) is 7.59. The molecule has 0 spiro atoms. The maximum absolute atomic E-state index is 13.1. The summed E-state index contributed by atoms with van der Waals surface area (Å²) in [6.07, 6.45) is 0.943. The number of hydrogen-bond acceptors (Lipinski definition) is 1. The van der Waals surface area contributed by atoms with E-state index in [0.29, 0.717) is 6.04 Å². The van der Waals surface area contributed by atoms with Crippen LogP contribution in [-0.4, -0.2) is 6.04 Å². The first-order chi connectivity index (χ1) is 5.68. The lowest BCUT2D eigenvalue weighted by atomic mass is 10.0. The van der Waals surface area contributed by atoms with Crippen LogP contribution in [0.2, 0.25) is 0 Å². The van der Waals surface area contributed by atoms with Gasteiger partial charge in [0.25, 0.3) is 0 Å². The number of anilines is 1. The Balaban J connectivity index is 2.54. The molecule has 1 nitrogen and oxygen atoms in total. The number of nitrogens with one attached hydrogen (secondary N) is 1. The first-order valence-electron chi connectivity index (χ1n) is 4.23. The summed E-state index contributed by atoms with van der Waals surface area (Å²) in [6, 6.07) is 3.79. The van der Waals surface area contributed by atoms with Gasteiger partial charge in [-0.1, -0.05) is 0 Å². The average molecular weight is 165 g/mol. The van der Waals surface area contributed by atoms with Gasteiger partial charge in [-0.25, -0.2) is 4.39 Å². The Morgan fingerprint density at radius 1 is 1.50 bits per heavy atom. The smallest absolute Gasteiger partial charge is 0.126 e. The minimum Gasteiger partial charge on any atom is -0.382 e. The van der Waals surface area contributed by atoms with E-state index in [1.807, 2.05) is 13.0 Å². The molecule has 1 atom stereocenters. The second-order valence-electron chi connectivity index (χ2n) is 3.45. The maximum atomic E-state index is 13.1. The molecule has 2 heteroatoms. The van der Waals surface area contributed by atoms with Crippen molar-refractivity contribution in [2.75, 3.05) is 5.32 Å². The van der Waals surface area contributed by atoms with Crippen molar-refractivity contribution >= 4 is 5.69 Å². The van der Waals surface area contributed by atoms with Crippen LogP contribution < -0.4 is 5.32 Å². The molecule has 0 radical (unpaired) electrons. The van der Waals surface area contributed by atoms with Crippen molar-refractivity contribution in [2.45, 2.75) is 26.3 Å². The van der Waals surface area contributed by atoms with Crippen molar-refractivity contribution in [1.29, 1.82) is 0 Å². The van der Waals surface area contributed by atoms with Gasteiger partial charge in [0.15, 0.2) is 0 Å². The highest BCUT2D eigenvalue weighted by Crippen LogP contribution is 2.29. The van der Waals surface area contributed by atoms with Gasteiger partial charge in [-0.15, -0.1) is 0 Å². The molecule has 0 aromatic heterocycles. The van der Waals surface area contributed by atoms with Crippen molar-refractivity contribution in [3.05, 3.63) is 29.1 Å². The van der Waals surface area contributed by atoms with Crippen LogP contribution in [0.15, 0.2) is 12.1 Å². The summed E-state index contributed by atoms with van der Waals surface area (Å²) < 4.78 is 13.1. The quantitative estimate of drug-likeness (QED) is 0.622. The predicted molar refractivity (Wildman–Crippen MR) is 47.9 cm³/mol. The van der Waals surface area contributed by atoms with Crippen molar-refractivity contribution in [3.8, 4) is 0 Å². The zero-order valence-corrected chi connectivity index (χ0v) is 7.32. The summed E-state index contributed by atoms with van der Waals surface area (Å²) in [4.78, 5) is 0. The second kappa shape index (κ2) is 2.47. The molecule has 12 heavy (non-hydrogen) atoms. The molecule has 1 aliphatic rings. The fourth-order valence-electron chi connectivity index (χ4n) is 1.75. The molecule has 1 aromatic carbocycles. The van der Waals surface area contributed by atoms with Crippen LogP contribution in [0.25, 0.3) is 0 Å². The van der Waals surface area contributed by atoms with Crippen LogP contribution in [0.1, 0.15) is 18.1 Å². The van der Waals surface area contributed by atoms with Crippen LogP contribution in [-0.2, 0) is 6.42 Å². The third kappa shape index (κ3) is 0.986. The minimum absolute atomic E-state index is 0.0929. The van der Waals surface area contributed by atoms with E-state index in [-0.39, 0.29) is 5.82 Å². The Bertz CT molecular complexity index is 320. The highest BCUT2D eigenvalue weighted by atomic mass is 19.1. The van der Waals surface area contributed by atoms with E-state index in [0.717, 1.165) is 23.2 Å². The fraction of sp³-hybridized carbons (Fsp3) is 0.400. The summed E-state index contributed by atoms with van der Waals surface area (Å²) in [5.41, 5.74) is 3.04. The van der Waals surface area contributed by atoms with Gasteiger partial charge in [-0.05, 0) is 43.5 Å². The molecule has 0 bridgehead atoms. The van der Waals surface area contributed by atoms with Gasteiger partial charge in [0.2, 0.25) is 0 Å². The summed E-state index contributed by atoms with van der Waals surface area (Å²) in [5, 5.41) is 3.30. The monoisotopic (exact) mass is 165 g/mol. The van der Waals surface area contributed by atoms with Gasteiger partial charge in [0, 0.05) is 11.7 Å². The Morgan fingerprint density at radius 3 is 3.00 bits per heavy atom. The molecular weight excluding hydrogens is 153 g/mol. The van der Waals surface area contributed by atoms with Gasteiger partial charge in [-0.2, -0.15) is 0 Å². The molecule has 1 heterocycles. The standard InChI is InChI=1S/C10H12FN/c1-6-5-8-7(2)9(11)3-4-10(8)12-6/h3-4,6,12H,5H2,1-2H3.